The molecule has 0 saturated carbocycles. The van der Waals surface area contributed by atoms with Crippen LogP contribution in [0, 0.1) is 0 Å². The summed E-state index contributed by atoms with van der Waals surface area (Å²) in [5.74, 6) is 2.14. The van der Waals surface area contributed by atoms with Crippen molar-refractivity contribution in [2.24, 2.45) is 0 Å². The lowest BCUT2D eigenvalue weighted by atomic mass is 10.1. The first-order valence-corrected chi connectivity index (χ1v) is 9.02. The van der Waals surface area contributed by atoms with E-state index in [0.717, 1.165) is 56.1 Å². The molecule has 0 radical (unpaired) electrons. The van der Waals surface area contributed by atoms with Crippen molar-refractivity contribution in [3.8, 4) is 17.2 Å². The van der Waals surface area contributed by atoms with Crippen molar-refractivity contribution in [1.29, 1.82) is 0 Å². The molecule has 0 amide bonds. The van der Waals surface area contributed by atoms with Crippen LogP contribution in [0.25, 0.3) is 0 Å². The molecular formula is C20H24N2O4. The highest BCUT2D eigenvalue weighted by molar-refractivity contribution is 5.55. The molecule has 2 aliphatic heterocycles. The number of hydrogen-bond donors (Lipinski definition) is 0. The minimum Gasteiger partial charge on any atom is -0.493 e. The van der Waals surface area contributed by atoms with Crippen LogP contribution in [0.3, 0.4) is 0 Å². The van der Waals surface area contributed by atoms with Crippen molar-refractivity contribution in [3.63, 3.8) is 0 Å². The third-order valence-corrected chi connectivity index (χ3v) is 4.72. The molecule has 26 heavy (non-hydrogen) atoms. The molecule has 6 heteroatoms. The Labute approximate surface area is 153 Å². The molecule has 1 atom stereocenters. The summed E-state index contributed by atoms with van der Waals surface area (Å²) in [6.45, 7) is 3.52. The highest BCUT2D eigenvalue weighted by atomic mass is 16.7. The average molecular weight is 356 g/mol. The van der Waals surface area contributed by atoms with Crippen molar-refractivity contribution in [2.75, 3.05) is 27.1 Å². The number of hydrogen-bond acceptors (Lipinski definition) is 6. The van der Waals surface area contributed by atoms with Gasteiger partial charge < -0.3 is 18.9 Å². The fraction of sp³-hybridized carbons (Fsp3) is 0.450. The Bertz CT molecular complexity index is 732. The lowest BCUT2D eigenvalue weighted by Crippen LogP contribution is -2.31. The van der Waals surface area contributed by atoms with Crippen molar-refractivity contribution in [3.05, 3.63) is 47.8 Å². The minimum absolute atomic E-state index is 0.239. The maximum Gasteiger partial charge on any atom is 0.231 e. The SMILES string of the molecule is COc1cc(CN(Cc2ccccn2)C[C@H]2CCCO2)cc2c1OCO2. The Morgan fingerprint density at radius 3 is 2.96 bits per heavy atom. The van der Waals surface area contributed by atoms with Gasteiger partial charge in [0.1, 0.15) is 0 Å². The first-order valence-electron chi connectivity index (χ1n) is 9.02. The minimum atomic E-state index is 0.239. The summed E-state index contributed by atoms with van der Waals surface area (Å²) in [6, 6.07) is 10.1. The maximum absolute atomic E-state index is 5.85. The molecule has 2 aromatic rings. The molecule has 0 spiro atoms. The summed E-state index contributed by atoms with van der Waals surface area (Å²) in [4.78, 5) is 6.84. The molecular weight excluding hydrogens is 332 g/mol. The zero-order chi connectivity index (χ0) is 17.8. The number of rotatable bonds is 7. The van der Waals surface area contributed by atoms with E-state index in [2.05, 4.69) is 16.0 Å². The van der Waals surface area contributed by atoms with Gasteiger partial charge in [-0.05, 0) is 42.7 Å². The number of aromatic nitrogens is 1. The first-order chi connectivity index (χ1) is 12.8. The first kappa shape index (κ1) is 17.1. The number of nitrogens with zero attached hydrogens (tertiary/aromatic N) is 2. The molecule has 1 fully saturated rings. The van der Waals surface area contributed by atoms with Gasteiger partial charge in [0.25, 0.3) is 0 Å². The summed E-state index contributed by atoms with van der Waals surface area (Å²) in [7, 11) is 1.65. The molecule has 2 aliphatic rings. The number of methoxy groups -OCH3 is 1. The Hall–Kier alpha value is -2.31. The van der Waals surface area contributed by atoms with E-state index in [9.17, 15) is 0 Å². The smallest absolute Gasteiger partial charge is 0.231 e. The van der Waals surface area contributed by atoms with Crippen LogP contribution in [0.4, 0.5) is 0 Å². The standard InChI is InChI=1S/C20H24N2O4/c1-23-18-9-15(10-19-20(18)26-14-25-19)11-22(13-17-6-4-8-24-17)12-16-5-2-3-7-21-16/h2-3,5,7,9-10,17H,4,6,8,11-14H2,1H3/t17-/m1/s1. The molecule has 0 unspecified atom stereocenters. The van der Waals surface area contributed by atoms with Crippen LogP contribution in [0.15, 0.2) is 36.5 Å². The molecule has 4 rings (SSSR count). The number of fused-ring (bicyclic) bond motifs is 1. The van der Waals surface area contributed by atoms with Gasteiger partial charge in [0.2, 0.25) is 12.5 Å². The van der Waals surface area contributed by atoms with Crippen LogP contribution in [-0.4, -0.2) is 43.0 Å². The van der Waals surface area contributed by atoms with Gasteiger partial charge in [-0.1, -0.05) is 6.07 Å². The maximum atomic E-state index is 5.85. The normalized spacial score (nSPS) is 18.5. The molecule has 138 valence electrons. The largest absolute Gasteiger partial charge is 0.493 e. The Kier molecular flexibility index (Phi) is 5.22. The molecule has 6 nitrogen and oxygen atoms in total. The number of benzene rings is 1. The zero-order valence-corrected chi connectivity index (χ0v) is 15.0. The van der Waals surface area contributed by atoms with Crippen LogP contribution < -0.4 is 14.2 Å². The summed E-state index contributed by atoms with van der Waals surface area (Å²) < 4.78 is 22.4. The Morgan fingerprint density at radius 1 is 1.23 bits per heavy atom. The van der Waals surface area contributed by atoms with E-state index >= 15 is 0 Å². The molecule has 1 aromatic heterocycles. The van der Waals surface area contributed by atoms with Gasteiger partial charge in [0.15, 0.2) is 11.5 Å². The Morgan fingerprint density at radius 2 is 2.19 bits per heavy atom. The monoisotopic (exact) mass is 356 g/mol. The predicted octanol–water partition coefficient (Wildman–Crippen LogP) is 3.00. The second kappa shape index (κ2) is 7.93. The highest BCUT2D eigenvalue weighted by Gasteiger charge is 2.23. The van der Waals surface area contributed by atoms with E-state index in [1.54, 1.807) is 7.11 Å². The molecule has 0 N–H and O–H groups in total. The van der Waals surface area contributed by atoms with Crippen LogP contribution in [0.5, 0.6) is 17.2 Å². The van der Waals surface area contributed by atoms with Crippen molar-refractivity contribution in [2.45, 2.75) is 32.0 Å². The van der Waals surface area contributed by atoms with E-state index in [4.69, 9.17) is 18.9 Å². The number of ether oxygens (including phenoxy) is 4. The van der Waals surface area contributed by atoms with E-state index in [-0.39, 0.29) is 12.9 Å². The van der Waals surface area contributed by atoms with Crippen LogP contribution >= 0.6 is 0 Å². The van der Waals surface area contributed by atoms with Crippen molar-refractivity contribution < 1.29 is 18.9 Å². The quantitative estimate of drug-likeness (QED) is 0.760. The lowest BCUT2D eigenvalue weighted by Gasteiger charge is -2.25. The fourth-order valence-electron chi connectivity index (χ4n) is 3.52. The van der Waals surface area contributed by atoms with Gasteiger partial charge in [-0.25, -0.2) is 0 Å². The summed E-state index contributed by atoms with van der Waals surface area (Å²) >= 11 is 0. The van der Waals surface area contributed by atoms with E-state index < -0.39 is 0 Å². The second-order valence-corrected chi connectivity index (χ2v) is 6.66. The molecule has 0 aliphatic carbocycles. The summed E-state index contributed by atoms with van der Waals surface area (Å²) in [5.41, 5.74) is 2.18. The lowest BCUT2D eigenvalue weighted by molar-refractivity contribution is 0.0674. The Balaban J connectivity index is 1.53. The van der Waals surface area contributed by atoms with Gasteiger partial charge in [0.05, 0.1) is 18.9 Å². The third kappa shape index (κ3) is 3.92. The molecule has 1 saturated heterocycles. The average Bonchev–Trinajstić information content (AvgIpc) is 3.33. The van der Waals surface area contributed by atoms with Gasteiger partial charge in [-0.2, -0.15) is 0 Å². The van der Waals surface area contributed by atoms with Crippen LogP contribution in [-0.2, 0) is 17.8 Å². The van der Waals surface area contributed by atoms with Gasteiger partial charge >= 0.3 is 0 Å². The predicted molar refractivity (Wildman–Crippen MR) is 96.4 cm³/mol. The number of pyridine rings is 1. The van der Waals surface area contributed by atoms with E-state index in [1.807, 2.05) is 30.5 Å². The molecule has 1 aromatic carbocycles. The van der Waals surface area contributed by atoms with Crippen molar-refractivity contribution in [1.82, 2.24) is 9.88 Å². The fourth-order valence-corrected chi connectivity index (χ4v) is 3.52. The highest BCUT2D eigenvalue weighted by Crippen LogP contribution is 2.42. The third-order valence-electron chi connectivity index (χ3n) is 4.72. The van der Waals surface area contributed by atoms with Gasteiger partial charge in [-0.15, -0.1) is 0 Å². The van der Waals surface area contributed by atoms with Gasteiger partial charge in [-0.3, -0.25) is 9.88 Å². The second-order valence-electron chi connectivity index (χ2n) is 6.66. The summed E-state index contributed by atoms with van der Waals surface area (Å²) in [6.07, 6.45) is 4.38. The van der Waals surface area contributed by atoms with Crippen molar-refractivity contribution >= 4 is 0 Å². The topological polar surface area (TPSA) is 53.1 Å². The van der Waals surface area contributed by atoms with Crippen LogP contribution in [0.2, 0.25) is 0 Å². The molecule has 3 heterocycles. The molecule has 0 bridgehead atoms. The van der Waals surface area contributed by atoms with Gasteiger partial charge in [0, 0.05) is 32.4 Å². The zero-order valence-electron chi connectivity index (χ0n) is 15.0. The van der Waals surface area contributed by atoms with Crippen LogP contribution in [0.1, 0.15) is 24.1 Å². The van der Waals surface area contributed by atoms with E-state index in [0.29, 0.717) is 11.5 Å². The summed E-state index contributed by atoms with van der Waals surface area (Å²) in [5, 5.41) is 0. The van der Waals surface area contributed by atoms with E-state index in [1.165, 1.54) is 0 Å².